The summed E-state index contributed by atoms with van der Waals surface area (Å²) in [6, 6.07) is 1.97. The van der Waals surface area contributed by atoms with Gasteiger partial charge in [-0.25, -0.2) is 4.98 Å². The normalized spacial score (nSPS) is 11.1. The Hall–Kier alpha value is -1.35. The van der Waals surface area contributed by atoms with E-state index < -0.39 is 0 Å². The number of aryl methyl sites for hydroxylation is 1. The lowest BCUT2D eigenvalue weighted by Gasteiger charge is -2.02. The molecule has 1 aromatic heterocycles. The summed E-state index contributed by atoms with van der Waals surface area (Å²) in [6.45, 7) is 6.17. The lowest BCUT2D eigenvalue weighted by Crippen LogP contribution is -2.12. The number of hydrogen-bond donors (Lipinski definition) is 2. The molecular weight excluding hydrogens is 186 g/mol. The number of hydrogen-bond acceptors (Lipinski definition) is 3. The Morgan fingerprint density at radius 1 is 1.53 bits per heavy atom. The third-order valence-electron chi connectivity index (χ3n) is 2.26. The van der Waals surface area contributed by atoms with Gasteiger partial charge in [-0.05, 0) is 38.1 Å². The summed E-state index contributed by atoms with van der Waals surface area (Å²) >= 11 is 0. The second kappa shape index (κ2) is 6.19. The van der Waals surface area contributed by atoms with E-state index >= 15 is 0 Å². The van der Waals surface area contributed by atoms with Crippen LogP contribution < -0.4 is 11.1 Å². The van der Waals surface area contributed by atoms with Gasteiger partial charge in [0.05, 0.1) is 0 Å². The summed E-state index contributed by atoms with van der Waals surface area (Å²) in [5, 5.41) is 3.27. The van der Waals surface area contributed by atoms with E-state index in [1.54, 1.807) is 6.20 Å². The Balaban J connectivity index is 2.56. The van der Waals surface area contributed by atoms with Gasteiger partial charge in [-0.15, -0.1) is 0 Å². The minimum Gasteiger partial charge on any atom is -0.383 e. The predicted molar refractivity (Wildman–Crippen MR) is 65.6 cm³/mol. The van der Waals surface area contributed by atoms with Crippen LogP contribution in [0.5, 0.6) is 0 Å². The van der Waals surface area contributed by atoms with Crippen molar-refractivity contribution in [3.63, 3.8) is 0 Å². The molecule has 0 spiro atoms. The minimum atomic E-state index is 0.606. The molecule has 0 unspecified atom stereocenters. The molecule has 0 aromatic carbocycles. The molecule has 15 heavy (non-hydrogen) atoms. The molecule has 82 valence electrons. The summed E-state index contributed by atoms with van der Waals surface area (Å²) in [5.74, 6) is 0.606. The van der Waals surface area contributed by atoms with E-state index in [2.05, 4.69) is 29.4 Å². The van der Waals surface area contributed by atoms with E-state index in [1.807, 2.05) is 13.0 Å². The van der Waals surface area contributed by atoms with Gasteiger partial charge in [-0.2, -0.15) is 0 Å². The molecule has 3 heteroatoms. The smallest absolute Gasteiger partial charge is 0.130 e. The maximum absolute atomic E-state index is 5.78. The van der Waals surface area contributed by atoms with Crippen molar-refractivity contribution in [3.8, 4) is 0 Å². The van der Waals surface area contributed by atoms with Gasteiger partial charge in [0, 0.05) is 11.8 Å². The molecular formula is C12H19N3. The van der Waals surface area contributed by atoms with Crippen LogP contribution in [0.3, 0.4) is 0 Å². The topological polar surface area (TPSA) is 50.9 Å². The fourth-order valence-corrected chi connectivity index (χ4v) is 1.37. The largest absolute Gasteiger partial charge is 0.383 e. The number of nitrogens with zero attached hydrogens (tertiary/aromatic N) is 1. The maximum atomic E-state index is 5.78. The zero-order chi connectivity index (χ0) is 11.1. The molecule has 0 radical (unpaired) electrons. The summed E-state index contributed by atoms with van der Waals surface area (Å²) in [6.07, 6.45) is 6.93. The van der Waals surface area contributed by atoms with Gasteiger partial charge in [-0.3, -0.25) is 0 Å². The van der Waals surface area contributed by atoms with Crippen molar-refractivity contribution in [3.05, 3.63) is 29.5 Å². The van der Waals surface area contributed by atoms with Crippen molar-refractivity contribution < 1.29 is 0 Å². The fraction of sp³-hybridized carbons (Fsp3) is 0.417. The Labute approximate surface area is 91.4 Å². The summed E-state index contributed by atoms with van der Waals surface area (Å²) in [7, 11) is 0. The van der Waals surface area contributed by atoms with Crippen LogP contribution in [-0.4, -0.2) is 18.1 Å². The zero-order valence-corrected chi connectivity index (χ0v) is 9.46. The maximum Gasteiger partial charge on any atom is 0.130 e. The first-order chi connectivity index (χ1) is 7.25. The highest BCUT2D eigenvalue weighted by Gasteiger charge is 1.98. The van der Waals surface area contributed by atoms with E-state index in [0.717, 1.165) is 25.1 Å². The average molecular weight is 205 g/mol. The number of nitrogens with two attached hydrogens (primary N) is 1. The molecule has 0 saturated heterocycles. The number of rotatable bonds is 5. The highest BCUT2D eigenvalue weighted by atomic mass is 14.8. The van der Waals surface area contributed by atoms with Gasteiger partial charge < -0.3 is 11.1 Å². The van der Waals surface area contributed by atoms with Gasteiger partial charge in [0.2, 0.25) is 0 Å². The third kappa shape index (κ3) is 3.72. The molecule has 0 amide bonds. The molecule has 3 nitrogen and oxygen atoms in total. The summed E-state index contributed by atoms with van der Waals surface area (Å²) < 4.78 is 0. The number of pyridine rings is 1. The van der Waals surface area contributed by atoms with Crippen molar-refractivity contribution in [2.75, 3.05) is 18.8 Å². The first-order valence-electron chi connectivity index (χ1n) is 5.34. The van der Waals surface area contributed by atoms with E-state index in [-0.39, 0.29) is 0 Å². The number of nitrogen functional groups attached to an aromatic ring is 1. The molecule has 0 atom stereocenters. The standard InChI is InChI=1S/C12H19N3/c1-3-14-8-5-4-6-11-10(2)7-9-15-12(11)13/h4,6-7,9,14H,3,5,8H2,1-2H3,(H2,13,15). The second-order valence-corrected chi connectivity index (χ2v) is 3.47. The first-order valence-corrected chi connectivity index (χ1v) is 5.34. The monoisotopic (exact) mass is 205 g/mol. The summed E-state index contributed by atoms with van der Waals surface area (Å²) in [4.78, 5) is 4.07. The Morgan fingerprint density at radius 3 is 3.00 bits per heavy atom. The molecule has 1 heterocycles. The van der Waals surface area contributed by atoms with Crippen molar-refractivity contribution in [1.82, 2.24) is 10.3 Å². The Bertz CT molecular complexity index is 311. The average Bonchev–Trinajstić information content (AvgIpc) is 2.21. The fourth-order valence-electron chi connectivity index (χ4n) is 1.37. The molecule has 0 aliphatic heterocycles. The molecule has 1 aromatic rings. The molecule has 0 aliphatic rings. The van der Waals surface area contributed by atoms with Crippen LogP contribution in [0, 0.1) is 6.92 Å². The van der Waals surface area contributed by atoms with Crippen LogP contribution in [0.4, 0.5) is 5.82 Å². The molecule has 0 bridgehead atoms. The highest BCUT2D eigenvalue weighted by molar-refractivity contribution is 5.63. The molecule has 0 aliphatic carbocycles. The van der Waals surface area contributed by atoms with E-state index in [9.17, 15) is 0 Å². The third-order valence-corrected chi connectivity index (χ3v) is 2.26. The van der Waals surface area contributed by atoms with Gasteiger partial charge in [0.25, 0.3) is 0 Å². The van der Waals surface area contributed by atoms with Crippen LogP contribution >= 0.6 is 0 Å². The van der Waals surface area contributed by atoms with Crippen LogP contribution in [-0.2, 0) is 0 Å². The second-order valence-electron chi connectivity index (χ2n) is 3.47. The molecule has 3 N–H and O–H groups in total. The highest BCUT2D eigenvalue weighted by Crippen LogP contribution is 2.15. The predicted octanol–water partition coefficient (Wildman–Crippen LogP) is 1.99. The van der Waals surface area contributed by atoms with Crippen LogP contribution in [0.25, 0.3) is 6.08 Å². The molecule has 0 fully saturated rings. The van der Waals surface area contributed by atoms with Crippen LogP contribution in [0.2, 0.25) is 0 Å². The van der Waals surface area contributed by atoms with Gasteiger partial charge in [0.1, 0.15) is 5.82 Å². The van der Waals surface area contributed by atoms with Crippen molar-refractivity contribution in [2.45, 2.75) is 20.3 Å². The Kier molecular flexibility index (Phi) is 4.84. The number of nitrogens with one attached hydrogen (secondary N) is 1. The van der Waals surface area contributed by atoms with E-state index in [1.165, 1.54) is 5.56 Å². The zero-order valence-electron chi connectivity index (χ0n) is 9.46. The van der Waals surface area contributed by atoms with Crippen LogP contribution in [0.1, 0.15) is 24.5 Å². The van der Waals surface area contributed by atoms with Gasteiger partial charge in [-0.1, -0.05) is 19.1 Å². The number of aromatic nitrogens is 1. The number of anilines is 1. The van der Waals surface area contributed by atoms with Gasteiger partial charge in [0.15, 0.2) is 0 Å². The quantitative estimate of drug-likeness (QED) is 0.723. The molecule has 1 rings (SSSR count). The van der Waals surface area contributed by atoms with E-state index in [4.69, 9.17) is 5.73 Å². The van der Waals surface area contributed by atoms with Crippen molar-refractivity contribution in [2.24, 2.45) is 0 Å². The van der Waals surface area contributed by atoms with Crippen LogP contribution in [0.15, 0.2) is 18.3 Å². The van der Waals surface area contributed by atoms with Crippen molar-refractivity contribution in [1.29, 1.82) is 0 Å². The van der Waals surface area contributed by atoms with Gasteiger partial charge >= 0.3 is 0 Å². The lowest BCUT2D eigenvalue weighted by atomic mass is 10.1. The molecule has 0 saturated carbocycles. The Morgan fingerprint density at radius 2 is 2.33 bits per heavy atom. The van der Waals surface area contributed by atoms with Crippen molar-refractivity contribution >= 4 is 11.9 Å². The SMILES string of the molecule is CCNCCC=Cc1c(C)ccnc1N. The minimum absolute atomic E-state index is 0.606. The van der Waals surface area contributed by atoms with E-state index in [0.29, 0.717) is 5.82 Å². The first kappa shape index (κ1) is 11.7. The summed E-state index contributed by atoms with van der Waals surface area (Å²) in [5.41, 5.74) is 7.99. The lowest BCUT2D eigenvalue weighted by molar-refractivity contribution is 0.727.